The van der Waals surface area contributed by atoms with E-state index < -0.39 is 0 Å². The first-order valence-electron chi connectivity index (χ1n) is 5.40. The maximum atomic E-state index is 8.83. The number of benzene rings is 2. The summed E-state index contributed by atoms with van der Waals surface area (Å²) in [5.74, 6) is 1.13. The lowest BCUT2D eigenvalue weighted by atomic mass is 10.2. The molecule has 0 unspecified atom stereocenters. The highest BCUT2D eigenvalue weighted by molar-refractivity contribution is 14.1. The third-order valence-electron chi connectivity index (χ3n) is 2.12. The summed E-state index contributed by atoms with van der Waals surface area (Å²) in [5.41, 5.74) is 1.24. The summed E-state index contributed by atoms with van der Waals surface area (Å²) in [6.07, 6.45) is 0. The van der Waals surface area contributed by atoms with Crippen molar-refractivity contribution >= 4 is 45.2 Å². The Kier molecular flexibility index (Phi) is 6.70. The van der Waals surface area contributed by atoms with Gasteiger partial charge in [0.1, 0.15) is 17.2 Å². The minimum Gasteiger partial charge on any atom is -0.508 e. The molecule has 0 saturated carbocycles. The molecular formula is C14H14I2O3. The summed E-state index contributed by atoms with van der Waals surface area (Å²) >= 11 is 4.29. The molecular weight excluding hydrogens is 470 g/mol. The van der Waals surface area contributed by atoms with E-state index in [4.69, 9.17) is 14.9 Å². The summed E-state index contributed by atoms with van der Waals surface area (Å²) in [6, 6.07) is 10.6. The zero-order valence-electron chi connectivity index (χ0n) is 10.5. The van der Waals surface area contributed by atoms with E-state index >= 15 is 0 Å². The van der Waals surface area contributed by atoms with Gasteiger partial charge in [0.05, 0.1) is 7.11 Å². The topological polar surface area (TPSA) is 49.7 Å². The summed E-state index contributed by atoms with van der Waals surface area (Å²) < 4.78 is 7.11. The number of aromatic hydroxyl groups is 2. The van der Waals surface area contributed by atoms with Gasteiger partial charge >= 0.3 is 0 Å². The van der Waals surface area contributed by atoms with Crippen LogP contribution in [0.15, 0.2) is 36.4 Å². The molecule has 0 aliphatic heterocycles. The number of rotatable bonds is 1. The van der Waals surface area contributed by atoms with Crippen molar-refractivity contribution in [3.63, 3.8) is 0 Å². The standard InChI is InChI=1S/C8H9IO.C6H5IO2/c1-6-3-7(9)5-8(4-6)10-2;7-4-1-5(8)3-6(9)2-4/h3-5H,1-2H3;1-3,8-9H. The molecule has 0 aliphatic rings. The van der Waals surface area contributed by atoms with Gasteiger partial charge in [0.25, 0.3) is 0 Å². The zero-order chi connectivity index (χ0) is 14.4. The lowest BCUT2D eigenvalue weighted by Gasteiger charge is -2.00. The van der Waals surface area contributed by atoms with Crippen LogP contribution in [0, 0.1) is 14.1 Å². The molecule has 3 nitrogen and oxygen atoms in total. The van der Waals surface area contributed by atoms with E-state index in [0.29, 0.717) is 0 Å². The first-order chi connectivity index (χ1) is 8.90. The van der Waals surface area contributed by atoms with Crippen molar-refractivity contribution in [3.8, 4) is 17.2 Å². The number of hydrogen-bond acceptors (Lipinski definition) is 3. The molecule has 0 bridgehead atoms. The van der Waals surface area contributed by atoms with Crippen LogP contribution in [0.1, 0.15) is 5.56 Å². The molecule has 0 radical (unpaired) electrons. The number of phenols is 2. The Hall–Kier alpha value is -0.700. The molecule has 0 aliphatic carbocycles. The molecule has 5 heteroatoms. The molecule has 0 saturated heterocycles. The quantitative estimate of drug-likeness (QED) is 0.594. The Bertz CT molecular complexity index is 486. The predicted molar refractivity (Wildman–Crippen MR) is 92.9 cm³/mol. The Morgan fingerprint density at radius 2 is 1.37 bits per heavy atom. The monoisotopic (exact) mass is 484 g/mol. The fourth-order valence-electron chi connectivity index (χ4n) is 1.38. The molecule has 2 rings (SSSR count). The lowest BCUT2D eigenvalue weighted by molar-refractivity contribution is 0.414. The second kappa shape index (κ2) is 7.78. The normalized spacial score (nSPS) is 9.47. The van der Waals surface area contributed by atoms with Crippen molar-refractivity contribution in [1.29, 1.82) is 0 Å². The highest BCUT2D eigenvalue weighted by Crippen LogP contribution is 2.21. The van der Waals surface area contributed by atoms with Gasteiger partial charge in [-0.3, -0.25) is 0 Å². The first-order valence-corrected chi connectivity index (χ1v) is 7.56. The van der Waals surface area contributed by atoms with Crippen molar-refractivity contribution in [2.75, 3.05) is 7.11 Å². The van der Waals surface area contributed by atoms with Gasteiger partial charge in [-0.2, -0.15) is 0 Å². The van der Waals surface area contributed by atoms with Crippen molar-refractivity contribution in [3.05, 3.63) is 49.1 Å². The Morgan fingerprint density at radius 3 is 1.79 bits per heavy atom. The van der Waals surface area contributed by atoms with Gasteiger partial charge in [-0.05, 0) is 88.0 Å². The van der Waals surface area contributed by atoms with Crippen LogP contribution in [-0.4, -0.2) is 17.3 Å². The smallest absolute Gasteiger partial charge is 0.120 e. The van der Waals surface area contributed by atoms with Crippen LogP contribution in [-0.2, 0) is 0 Å². The summed E-state index contributed by atoms with van der Waals surface area (Å²) in [7, 11) is 1.69. The van der Waals surface area contributed by atoms with Crippen LogP contribution >= 0.6 is 45.2 Å². The largest absolute Gasteiger partial charge is 0.508 e. The SMILES string of the molecule is COc1cc(C)cc(I)c1.Oc1cc(O)cc(I)c1. The van der Waals surface area contributed by atoms with Gasteiger partial charge in [0.15, 0.2) is 0 Å². The number of hydrogen-bond donors (Lipinski definition) is 2. The van der Waals surface area contributed by atoms with E-state index in [9.17, 15) is 0 Å². The van der Waals surface area contributed by atoms with E-state index in [0.717, 1.165) is 9.32 Å². The molecule has 2 aromatic rings. The molecule has 2 N–H and O–H groups in total. The molecule has 19 heavy (non-hydrogen) atoms. The second-order valence-corrected chi connectivity index (χ2v) is 6.33. The minimum absolute atomic E-state index is 0.0967. The predicted octanol–water partition coefficient (Wildman–Crippen LogP) is 4.31. The van der Waals surface area contributed by atoms with Crippen molar-refractivity contribution < 1.29 is 14.9 Å². The highest BCUT2D eigenvalue weighted by atomic mass is 127. The third kappa shape index (κ3) is 6.33. The van der Waals surface area contributed by atoms with Crippen LogP contribution in [0.25, 0.3) is 0 Å². The van der Waals surface area contributed by atoms with E-state index in [1.54, 1.807) is 19.2 Å². The minimum atomic E-state index is 0.0967. The summed E-state index contributed by atoms with van der Waals surface area (Å²) in [5, 5.41) is 17.7. The second-order valence-electron chi connectivity index (χ2n) is 3.84. The molecule has 0 amide bonds. The van der Waals surface area contributed by atoms with Crippen LogP contribution in [0.4, 0.5) is 0 Å². The van der Waals surface area contributed by atoms with Gasteiger partial charge in [-0.15, -0.1) is 0 Å². The van der Waals surface area contributed by atoms with Crippen LogP contribution in [0.2, 0.25) is 0 Å². The highest BCUT2D eigenvalue weighted by Gasteiger charge is 1.94. The number of phenolic OH excluding ortho intramolecular Hbond substituents is 2. The molecule has 0 fully saturated rings. The molecule has 2 aromatic carbocycles. The number of halogens is 2. The molecule has 0 atom stereocenters. The Morgan fingerprint density at radius 1 is 0.842 bits per heavy atom. The fourth-order valence-corrected chi connectivity index (χ4v) is 2.82. The van der Waals surface area contributed by atoms with Crippen molar-refractivity contribution in [2.45, 2.75) is 6.92 Å². The van der Waals surface area contributed by atoms with E-state index in [1.165, 1.54) is 15.2 Å². The zero-order valence-corrected chi connectivity index (χ0v) is 14.8. The van der Waals surface area contributed by atoms with Crippen LogP contribution < -0.4 is 4.74 Å². The number of methoxy groups -OCH3 is 1. The Balaban J connectivity index is 0.000000191. The van der Waals surface area contributed by atoms with Crippen LogP contribution in [0.3, 0.4) is 0 Å². The van der Waals surface area contributed by atoms with Crippen molar-refractivity contribution in [1.82, 2.24) is 0 Å². The number of ether oxygens (including phenoxy) is 1. The van der Waals surface area contributed by atoms with Gasteiger partial charge in [0, 0.05) is 13.2 Å². The maximum Gasteiger partial charge on any atom is 0.120 e. The van der Waals surface area contributed by atoms with Gasteiger partial charge < -0.3 is 14.9 Å². The molecule has 0 spiro atoms. The van der Waals surface area contributed by atoms with Crippen LogP contribution in [0.5, 0.6) is 17.2 Å². The maximum absolute atomic E-state index is 8.83. The fraction of sp³-hybridized carbons (Fsp3) is 0.143. The molecule has 0 aromatic heterocycles. The van der Waals surface area contributed by atoms with Crippen molar-refractivity contribution in [2.24, 2.45) is 0 Å². The summed E-state index contributed by atoms with van der Waals surface area (Å²) in [6.45, 7) is 2.06. The Labute approximate surface area is 139 Å². The first kappa shape index (κ1) is 16.4. The van der Waals surface area contributed by atoms with Gasteiger partial charge in [-0.25, -0.2) is 0 Å². The van der Waals surface area contributed by atoms with E-state index in [1.807, 2.05) is 34.7 Å². The average molecular weight is 484 g/mol. The van der Waals surface area contributed by atoms with Gasteiger partial charge in [-0.1, -0.05) is 0 Å². The van der Waals surface area contributed by atoms with E-state index in [2.05, 4.69) is 35.6 Å². The molecule has 102 valence electrons. The average Bonchev–Trinajstić information content (AvgIpc) is 2.26. The third-order valence-corrected chi connectivity index (χ3v) is 3.36. The summed E-state index contributed by atoms with van der Waals surface area (Å²) in [4.78, 5) is 0. The van der Waals surface area contributed by atoms with E-state index in [-0.39, 0.29) is 11.5 Å². The number of aryl methyl sites for hydroxylation is 1. The lowest BCUT2D eigenvalue weighted by Crippen LogP contribution is -1.84. The van der Waals surface area contributed by atoms with Gasteiger partial charge in [0.2, 0.25) is 0 Å². The molecule has 0 heterocycles.